The first-order valence-corrected chi connectivity index (χ1v) is 7.94. The van der Waals surface area contributed by atoms with Gasteiger partial charge in [0.2, 0.25) is 0 Å². The molecule has 2 aromatic rings. The van der Waals surface area contributed by atoms with Crippen LogP contribution in [0.1, 0.15) is 15.9 Å². The average Bonchev–Trinajstić information content (AvgIpc) is 2.54. The quantitative estimate of drug-likeness (QED) is 0.627. The van der Waals surface area contributed by atoms with E-state index in [9.17, 15) is 22.8 Å². The van der Waals surface area contributed by atoms with Crippen LogP contribution in [0.5, 0.6) is 0 Å². The number of carbonyl (C=O) groups is 2. The standard InChI is InChI=1S/C17H14F3NO3S/c1-11-2-6-13(7-3-11)21-15(22)10-24-16(23)12-4-8-14(9-5-12)25-17(18,19)20/h2-9H,10H2,1H3,(H,21,22). The highest BCUT2D eigenvalue weighted by atomic mass is 32.2. The Morgan fingerprint density at radius 1 is 1.04 bits per heavy atom. The lowest BCUT2D eigenvalue weighted by atomic mass is 10.2. The molecule has 0 radical (unpaired) electrons. The van der Waals surface area contributed by atoms with Crippen LogP contribution in [0.25, 0.3) is 0 Å². The van der Waals surface area contributed by atoms with E-state index in [1.807, 2.05) is 19.1 Å². The van der Waals surface area contributed by atoms with E-state index in [-0.39, 0.29) is 22.2 Å². The van der Waals surface area contributed by atoms with Gasteiger partial charge in [0.15, 0.2) is 6.61 Å². The largest absolute Gasteiger partial charge is 0.452 e. The Morgan fingerprint density at radius 2 is 1.64 bits per heavy atom. The number of ether oxygens (including phenoxy) is 1. The van der Waals surface area contributed by atoms with Gasteiger partial charge in [-0.05, 0) is 55.1 Å². The zero-order chi connectivity index (χ0) is 18.4. The Hall–Kier alpha value is -2.48. The van der Waals surface area contributed by atoms with Crippen LogP contribution in [0.4, 0.5) is 18.9 Å². The minimum atomic E-state index is -4.39. The number of alkyl halides is 3. The molecule has 0 aliphatic carbocycles. The van der Waals surface area contributed by atoms with Crippen molar-refractivity contribution in [2.75, 3.05) is 11.9 Å². The molecule has 1 N–H and O–H groups in total. The molecule has 0 saturated carbocycles. The second-order valence-electron chi connectivity index (χ2n) is 5.06. The van der Waals surface area contributed by atoms with Crippen LogP contribution in [-0.2, 0) is 9.53 Å². The van der Waals surface area contributed by atoms with E-state index in [4.69, 9.17) is 4.74 Å². The number of benzene rings is 2. The number of carbonyl (C=O) groups excluding carboxylic acids is 2. The first-order valence-electron chi connectivity index (χ1n) is 7.12. The molecule has 132 valence electrons. The Kier molecular flexibility index (Phi) is 6.08. The van der Waals surface area contributed by atoms with Gasteiger partial charge in [0, 0.05) is 10.6 Å². The number of hydrogen-bond donors (Lipinski definition) is 1. The van der Waals surface area contributed by atoms with Gasteiger partial charge in [0.25, 0.3) is 5.91 Å². The number of aryl methyl sites for hydroxylation is 1. The maximum absolute atomic E-state index is 12.2. The fourth-order valence-corrected chi connectivity index (χ4v) is 2.38. The summed E-state index contributed by atoms with van der Waals surface area (Å²) in [5.74, 6) is -1.30. The van der Waals surface area contributed by atoms with Crippen molar-refractivity contribution in [3.05, 3.63) is 59.7 Å². The minimum Gasteiger partial charge on any atom is -0.452 e. The van der Waals surface area contributed by atoms with Gasteiger partial charge >= 0.3 is 11.5 Å². The average molecular weight is 369 g/mol. The van der Waals surface area contributed by atoms with Gasteiger partial charge in [0.1, 0.15) is 0 Å². The van der Waals surface area contributed by atoms with Gasteiger partial charge in [-0.25, -0.2) is 4.79 Å². The molecule has 0 aliphatic rings. The number of thioether (sulfide) groups is 1. The predicted molar refractivity (Wildman–Crippen MR) is 88.4 cm³/mol. The lowest BCUT2D eigenvalue weighted by Gasteiger charge is -2.08. The summed E-state index contributed by atoms with van der Waals surface area (Å²) >= 11 is -0.275. The molecule has 4 nitrogen and oxygen atoms in total. The number of halogens is 3. The van der Waals surface area contributed by atoms with Crippen LogP contribution in [0.3, 0.4) is 0 Å². The summed E-state index contributed by atoms with van der Waals surface area (Å²) in [5, 5.41) is 2.57. The lowest BCUT2D eigenvalue weighted by molar-refractivity contribution is -0.119. The molecule has 0 unspecified atom stereocenters. The van der Waals surface area contributed by atoms with Crippen LogP contribution >= 0.6 is 11.8 Å². The van der Waals surface area contributed by atoms with Gasteiger partial charge in [-0.2, -0.15) is 13.2 Å². The maximum atomic E-state index is 12.2. The van der Waals surface area contributed by atoms with Crippen molar-refractivity contribution in [3.8, 4) is 0 Å². The van der Waals surface area contributed by atoms with Crippen LogP contribution in [0.15, 0.2) is 53.4 Å². The Bertz CT molecular complexity index is 743. The molecule has 0 aromatic heterocycles. The molecule has 0 spiro atoms. The van der Waals surface area contributed by atoms with Gasteiger partial charge in [-0.15, -0.1) is 0 Å². The zero-order valence-corrected chi connectivity index (χ0v) is 13.9. The van der Waals surface area contributed by atoms with Gasteiger partial charge < -0.3 is 10.1 Å². The van der Waals surface area contributed by atoms with Crippen LogP contribution in [0, 0.1) is 6.92 Å². The van der Waals surface area contributed by atoms with E-state index in [0.717, 1.165) is 5.56 Å². The summed E-state index contributed by atoms with van der Waals surface area (Å²) < 4.78 is 41.6. The van der Waals surface area contributed by atoms with Crippen molar-refractivity contribution >= 4 is 29.3 Å². The second kappa shape index (κ2) is 8.06. The Balaban J connectivity index is 1.85. The van der Waals surface area contributed by atoms with Crippen molar-refractivity contribution in [2.24, 2.45) is 0 Å². The molecule has 0 heterocycles. The number of esters is 1. The highest BCUT2D eigenvalue weighted by Gasteiger charge is 2.29. The summed E-state index contributed by atoms with van der Waals surface area (Å²) in [7, 11) is 0. The summed E-state index contributed by atoms with van der Waals surface area (Å²) in [6.07, 6.45) is 0. The molecule has 0 fully saturated rings. The third-order valence-electron chi connectivity index (χ3n) is 2.99. The van der Waals surface area contributed by atoms with Crippen molar-refractivity contribution in [1.29, 1.82) is 0 Å². The third-order valence-corrected chi connectivity index (χ3v) is 3.73. The maximum Gasteiger partial charge on any atom is 0.446 e. The Labute approximate surface area is 146 Å². The first kappa shape index (κ1) is 18.9. The van der Waals surface area contributed by atoms with Crippen LogP contribution < -0.4 is 5.32 Å². The lowest BCUT2D eigenvalue weighted by Crippen LogP contribution is -2.20. The number of anilines is 1. The van der Waals surface area contributed by atoms with Crippen LogP contribution in [-0.4, -0.2) is 24.0 Å². The SMILES string of the molecule is Cc1ccc(NC(=O)COC(=O)c2ccc(SC(F)(F)F)cc2)cc1. The van der Waals surface area contributed by atoms with E-state index >= 15 is 0 Å². The summed E-state index contributed by atoms with van der Waals surface area (Å²) in [6, 6.07) is 11.8. The zero-order valence-electron chi connectivity index (χ0n) is 13.1. The minimum absolute atomic E-state index is 0.0406. The van der Waals surface area contributed by atoms with Crippen molar-refractivity contribution in [2.45, 2.75) is 17.3 Å². The topological polar surface area (TPSA) is 55.4 Å². The highest BCUT2D eigenvalue weighted by molar-refractivity contribution is 8.00. The molecule has 0 aliphatic heterocycles. The predicted octanol–water partition coefficient (Wildman–Crippen LogP) is 4.40. The van der Waals surface area contributed by atoms with E-state index in [1.54, 1.807) is 12.1 Å². The first-order chi connectivity index (χ1) is 11.7. The molecule has 0 atom stereocenters. The fraction of sp³-hybridized carbons (Fsp3) is 0.176. The molecule has 2 aromatic carbocycles. The summed E-state index contributed by atoms with van der Waals surface area (Å²) in [4.78, 5) is 23.5. The van der Waals surface area contributed by atoms with Crippen molar-refractivity contribution < 1.29 is 27.5 Å². The molecular formula is C17H14F3NO3S. The number of nitrogens with one attached hydrogen (secondary N) is 1. The van der Waals surface area contributed by atoms with E-state index < -0.39 is 24.0 Å². The molecule has 8 heteroatoms. The Morgan fingerprint density at radius 3 is 2.20 bits per heavy atom. The molecule has 0 bridgehead atoms. The van der Waals surface area contributed by atoms with Gasteiger partial charge in [-0.1, -0.05) is 17.7 Å². The monoisotopic (exact) mass is 369 g/mol. The van der Waals surface area contributed by atoms with Gasteiger partial charge in [-0.3, -0.25) is 4.79 Å². The van der Waals surface area contributed by atoms with Gasteiger partial charge in [0.05, 0.1) is 5.56 Å². The molecule has 1 amide bonds. The number of hydrogen-bond acceptors (Lipinski definition) is 4. The second-order valence-corrected chi connectivity index (χ2v) is 6.20. The van der Waals surface area contributed by atoms with Crippen LogP contribution in [0.2, 0.25) is 0 Å². The third kappa shape index (κ3) is 6.50. The van der Waals surface area contributed by atoms with E-state index in [0.29, 0.717) is 5.69 Å². The summed E-state index contributed by atoms with van der Waals surface area (Å²) in [6.45, 7) is 1.41. The highest BCUT2D eigenvalue weighted by Crippen LogP contribution is 2.36. The van der Waals surface area contributed by atoms with E-state index in [2.05, 4.69) is 5.32 Å². The molecular weight excluding hydrogens is 355 g/mol. The number of rotatable bonds is 5. The smallest absolute Gasteiger partial charge is 0.446 e. The molecule has 0 saturated heterocycles. The van der Waals surface area contributed by atoms with E-state index in [1.165, 1.54) is 24.3 Å². The fourth-order valence-electron chi connectivity index (χ4n) is 1.84. The van der Waals surface area contributed by atoms with Crippen molar-refractivity contribution in [3.63, 3.8) is 0 Å². The molecule has 2 rings (SSSR count). The van der Waals surface area contributed by atoms with Crippen molar-refractivity contribution in [1.82, 2.24) is 0 Å². The number of amides is 1. The normalized spacial score (nSPS) is 11.0. The summed E-state index contributed by atoms with van der Waals surface area (Å²) in [5.41, 5.74) is -2.72. The molecule has 25 heavy (non-hydrogen) atoms.